The molecule has 0 nitrogen and oxygen atoms in total. The van der Waals surface area contributed by atoms with Crippen molar-refractivity contribution in [3.8, 4) is 0 Å². The van der Waals surface area contributed by atoms with Gasteiger partial charge in [0.05, 0.1) is 0 Å². The summed E-state index contributed by atoms with van der Waals surface area (Å²) in [7, 11) is 0. The lowest BCUT2D eigenvalue weighted by Gasteiger charge is -2.83. The van der Waals surface area contributed by atoms with Crippen molar-refractivity contribution >= 4 is 0 Å². The van der Waals surface area contributed by atoms with Crippen molar-refractivity contribution < 1.29 is 0 Å². The Hall–Kier alpha value is 0. The Labute approximate surface area is 88.5 Å². The molecular weight excluding hydrogens is 168 g/mol. The molecule has 0 heteroatoms. The first-order valence-electron chi connectivity index (χ1n) is 6.39. The first kappa shape index (κ1) is 9.24. The molecule has 0 aromatic heterocycles. The number of rotatable bonds is 0. The van der Waals surface area contributed by atoms with Gasteiger partial charge in [0.25, 0.3) is 0 Å². The van der Waals surface area contributed by atoms with Crippen LogP contribution in [0.25, 0.3) is 0 Å². The Kier molecular flexibility index (Phi) is 1.37. The molecule has 3 fully saturated rings. The highest BCUT2D eigenvalue weighted by Crippen LogP contribution is 2.88. The van der Waals surface area contributed by atoms with E-state index in [4.69, 9.17) is 0 Å². The van der Waals surface area contributed by atoms with Gasteiger partial charge in [-0.05, 0) is 53.3 Å². The summed E-state index contributed by atoms with van der Waals surface area (Å²) in [6, 6.07) is 0. The van der Waals surface area contributed by atoms with E-state index in [1.54, 1.807) is 0 Å². The fourth-order valence-electron chi connectivity index (χ4n) is 6.27. The zero-order valence-electron chi connectivity index (χ0n) is 10.4. The van der Waals surface area contributed by atoms with Gasteiger partial charge in [0, 0.05) is 0 Å². The van der Waals surface area contributed by atoms with Crippen LogP contribution in [-0.4, -0.2) is 0 Å². The van der Waals surface area contributed by atoms with Gasteiger partial charge in [-0.2, -0.15) is 0 Å². The summed E-state index contributed by atoms with van der Waals surface area (Å²) in [4.78, 5) is 0. The Morgan fingerprint density at radius 1 is 0.929 bits per heavy atom. The minimum atomic E-state index is 0.667. The molecule has 0 saturated heterocycles. The van der Waals surface area contributed by atoms with Crippen molar-refractivity contribution in [1.82, 2.24) is 0 Å². The highest BCUT2D eigenvalue weighted by Gasteiger charge is 2.82. The van der Waals surface area contributed by atoms with Gasteiger partial charge in [0.2, 0.25) is 0 Å². The van der Waals surface area contributed by atoms with Crippen LogP contribution in [0, 0.1) is 34.0 Å². The van der Waals surface area contributed by atoms with Gasteiger partial charge < -0.3 is 0 Å². The van der Waals surface area contributed by atoms with Gasteiger partial charge in [-0.3, -0.25) is 0 Å². The van der Waals surface area contributed by atoms with Gasteiger partial charge >= 0.3 is 0 Å². The lowest BCUT2D eigenvalue weighted by Crippen LogP contribution is -2.77. The van der Waals surface area contributed by atoms with Crippen molar-refractivity contribution in [2.75, 3.05) is 0 Å². The molecule has 3 saturated carbocycles. The van der Waals surface area contributed by atoms with Gasteiger partial charge in [-0.1, -0.05) is 34.6 Å². The lowest BCUT2D eigenvalue weighted by atomic mass is 9.21. The minimum Gasteiger partial charge on any atom is -0.0620 e. The van der Waals surface area contributed by atoms with E-state index < -0.39 is 0 Å². The van der Waals surface area contributed by atoms with Gasteiger partial charge in [-0.15, -0.1) is 0 Å². The van der Waals surface area contributed by atoms with Gasteiger partial charge in [0.1, 0.15) is 0 Å². The number of hydrogen-bond acceptors (Lipinski definition) is 0. The third-order valence-corrected chi connectivity index (χ3v) is 7.43. The first-order valence-corrected chi connectivity index (χ1v) is 6.39. The SMILES string of the molecule is CC1CCC2C3(C)CC(C)C3(C)C12C. The van der Waals surface area contributed by atoms with Crippen LogP contribution >= 0.6 is 0 Å². The van der Waals surface area contributed by atoms with E-state index in [-0.39, 0.29) is 0 Å². The van der Waals surface area contributed by atoms with Crippen LogP contribution in [0.15, 0.2) is 0 Å². The van der Waals surface area contributed by atoms with Crippen LogP contribution < -0.4 is 0 Å². The predicted octanol–water partition coefficient (Wildman–Crippen LogP) is 4.10. The van der Waals surface area contributed by atoms with Crippen molar-refractivity contribution in [3.63, 3.8) is 0 Å². The second-order valence-electron chi connectivity index (χ2n) is 7.04. The molecule has 0 aromatic rings. The molecular formula is C14H24. The van der Waals surface area contributed by atoms with Crippen molar-refractivity contribution in [2.24, 2.45) is 34.0 Å². The molecule has 6 unspecified atom stereocenters. The van der Waals surface area contributed by atoms with E-state index >= 15 is 0 Å². The highest BCUT2D eigenvalue weighted by atomic mass is 14.9. The second-order valence-corrected chi connectivity index (χ2v) is 7.04. The molecule has 0 spiro atoms. The van der Waals surface area contributed by atoms with E-state index in [2.05, 4.69) is 34.6 Å². The van der Waals surface area contributed by atoms with Crippen LogP contribution in [0.4, 0.5) is 0 Å². The van der Waals surface area contributed by atoms with Crippen molar-refractivity contribution in [1.29, 1.82) is 0 Å². The van der Waals surface area contributed by atoms with Gasteiger partial charge in [0.15, 0.2) is 0 Å². The lowest BCUT2D eigenvalue weighted by molar-refractivity contribution is -0.352. The molecule has 0 bridgehead atoms. The molecule has 0 amide bonds. The van der Waals surface area contributed by atoms with Crippen LogP contribution in [0.3, 0.4) is 0 Å². The van der Waals surface area contributed by atoms with E-state index in [0.29, 0.717) is 16.2 Å². The normalized spacial score (nSPS) is 70.5. The molecule has 3 aliphatic carbocycles. The molecule has 0 radical (unpaired) electrons. The maximum absolute atomic E-state index is 2.59. The summed E-state index contributed by atoms with van der Waals surface area (Å²) in [6.45, 7) is 12.7. The third-order valence-electron chi connectivity index (χ3n) is 7.43. The zero-order chi connectivity index (χ0) is 10.4. The minimum absolute atomic E-state index is 0.667. The summed E-state index contributed by atoms with van der Waals surface area (Å²) in [5, 5.41) is 0. The summed E-state index contributed by atoms with van der Waals surface area (Å²) in [5.41, 5.74) is 2.06. The Morgan fingerprint density at radius 2 is 1.57 bits per heavy atom. The van der Waals surface area contributed by atoms with E-state index in [1.807, 2.05) is 0 Å². The maximum Gasteiger partial charge on any atom is -0.0184 e. The molecule has 14 heavy (non-hydrogen) atoms. The Morgan fingerprint density at radius 3 is 2.14 bits per heavy atom. The molecule has 0 aliphatic heterocycles. The maximum atomic E-state index is 2.59. The topological polar surface area (TPSA) is 0 Å². The fourth-order valence-corrected chi connectivity index (χ4v) is 6.27. The fraction of sp³-hybridized carbons (Fsp3) is 1.00. The van der Waals surface area contributed by atoms with Crippen LogP contribution in [0.5, 0.6) is 0 Å². The molecule has 6 atom stereocenters. The smallest absolute Gasteiger partial charge is 0.0184 e. The molecule has 3 aliphatic rings. The van der Waals surface area contributed by atoms with E-state index in [1.165, 1.54) is 19.3 Å². The van der Waals surface area contributed by atoms with Crippen LogP contribution in [0.1, 0.15) is 53.9 Å². The summed E-state index contributed by atoms with van der Waals surface area (Å²) >= 11 is 0. The quantitative estimate of drug-likeness (QED) is 0.542. The van der Waals surface area contributed by atoms with E-state index in [0.717, 1.165) is 17.8 Å². The number of fused-ring (bicyclic) bond motifs is 4. The molecule has 0 N–H and O–H groups in total. The largest absolute Gasteiger partial charge is 0.0620 e. The van der Waals surface area contributed by atoms with E-state index in [9.17, 15) is 0 Å². The van der Waals surface area contributed by atoms with Crippen LogP contribution in [0.2, 0.25) is 0 Å². The summed E-state index contributed by atoms with van der Waals surface area (Å²) < 4.78 is 0. The summed E-state index contributed by atoms with van der Waals surface area (Å²) in [6.07, 6.45) is 4.49. The standard InChI is InChI=1S/C14H24/c1-9-6-7-11-12(3)8-10(2)14(12,5)13(9,11)4/h9-11H,6-8H2,1-5H3. The molecule has 0 aromatic carbocycles. The highest BCUT2D eigenvalue weighted by molar-refractivity contribution is 5.29. The summed E-state index contributed by atoms with van der Waals surface area (Å²) in [5.74, 6) is 2.98. The van der Waals surface area contributed by atoms with Crippen LogP contribution in [-0.2, 0) is 0 Å². The average Bonchev–Trinajstić information content (AvgIpc) is 2.42. The Bertz CT molecular complexity index is 292. The monoisotopic (exact) mass is 192 g/mol. The number of hydrogen-bond donors (Lipinski definition) is 0. The average molecular weight is 192 g/mol. The molecule has 80 valence electrons. The second kappa shape index (κ2) is 2.08. The van der Waals surface area contributed by atoms with Crippen molar-refractivity contribution in [3.05, 3.63) is 0 Å². The van der Waals surface area contributed by atoms with Crippen molar-refractivity contribution in [2.45, 2.75) is 53.9 Å². The Balaban J connectivity index is 2.07. The third kappa shape index (κ3) is 0.537. The first-order chi connectivity index (χ1) is 6.39. The zero-order valence-corrected chi connectivity index (χ0v) is 10.4. The predicted molar refractivity (Wildman–Crippen MR) is 60.0 cm³/mol. The van der Waals surface area contributed by atoms with Gasteiger partial charge in [-0.25, -0.2) is 0 Å². The molecule has 0 heterocycles. The molecule has 3 rings (SSSR count).